The molecule has 6 heterocycles. The summed E-state index contributed by atoms with van der Waals surface area (Å²) in [5, 5.41) is 34.1. The Morgan fingerprint density at radius 2 is 1.93 bits per heavy atom. The van der Waals surface area contributed by atoms with Gasteiger partial charge in [-0.05, 0) is 11.8 Å². The van der Waals surface area contributed by atoms with Crippen LogP contribution in [0.3, 0.4) is 0 Å². The van der Waals surface area contributed by atoms with E-state index in [1.165, 1.54) is 0 Å². The maximum atomic E-state index is 15.6. The van der Waals surface area contributed by atoms with E-state index in [2.05, 4.69) is 40.6 Å². The molecule has 4 aromatic rings. The number of H-pyrrole nitrogens is 1. The van der Waals surface area contributed by atoms with Crippen LogP contribution in [0, 0.1) is 0 Å². The molecule has 242 valence electrons. The number of nitrogens with two attached hydrogens (primary N) is 2. The summed E-state index contributed by atoms with van der Waals surface area (Å²) in [6, 6.07) is 0. The molecule has 0 amide bonds. The Hall–Kier alpha value is -2.93. The highest BCUT2D eigenvalue weighted by Gasteiger charge is 2.53. The summed E-state index contributed by atoms with van der Waals surface area (Å²) in [4.78, 5) is 46.6. The van der Waals surface area contributed by atoms with Crippen molar-refractivity contribution in [3.05, 3.63) is 16.7 Å². The molecule has 0 spiro atoms. The number of rotatable bonds is 10. The molecule has 6 rings (SSSR count). The minimum absolute atomic E-state index is 0.00413. The lowest BCUT2D eigenvalue weighted by Gasteiger charge is -2.27. The van der Waals surface area contributed by atoms with Gasteiger partial charge in [0.05, 0.1) is 24.6 Å². The number of hydrogen-bond acceptors (Lipinski definition) is 19. The average molecular weight is 712 g/mol. The Labute approximate surface area is 258 Å². The van der Waals surface area contributed by atoms with Gasteiger partial charge in [-0.25, -0.2) is 19.0 Å². The van der Waals surface area contributed by atoms with Gasteiger partial charge in [0.1, 0.15) is 23.9 Å². The molecule has 0 saturated carbocycles. The number of alkyl halides is 1. The van der Waals surface area contributed by atoms with Gasteiger partial charge in [0.2, 0.25) is 5.95 Å². The van der Waals surface area contributed by atoms with Crippen molar-refractivity contribution in [2.75, 3.05) is 24.7 Å². The predicted molar refractivity (Wildman–Crippen MR) is 152 cm³/mol. The Kier molecular flexibility index (Phi) is 8.79. The van der Waals surface area contributed by atoms with E-state index >= 15 is 4.39 Å². The maximum absolute atomic E-state index is 15.6. The molecule has 22 nitrogen and oxygen atoms in total. The first kappa shape index (κ1) is 32.0. The third-order valence-electron chi connectivity index (χ3n) is 6.75. The zero-order valence-corrected chi connectivity index (χ0v) is 25.5. The summed E-state index contributed by atoms with van der Waals surface area (Å²) >= 11 is 6.11. The van der Waals surface area contributed by atoms with Crippen LogP contribution in [0.1, 0.15) is 11.6 Å². The summed E-state index contributed by atoms with van der Waals surface area (Å²) in [6.07, 6.45) is -8.69. The first-order valence-electron chi connectivity index (χ1n) is 12.5. The molecule has 10 atom stereocenters. The van der Waals surface area contributed by atoms with Crippen LogP contribution in [0.2, 0.25) is 0 Å². The highest BCUT2D eigenvalue weighted by atomic mass is 32.5. The molecule has 0 aliphatic carbocycles. The van der Waals surface area contributed by atoms with E-state index < -0.39 is 81.2 Å². The van der Waals surface area contributed by atoms with Gasteiger partial charge >= 0.3 is 15.0 Å². The monoisotopic (exact) mass is 711 g/mol. The van der Waals surface area contributed by atoms with Gasteiger partial charge in [-0.3, -0.25) is 14.3 Å². The highest BCUT2D eigenvalue weighted by molar-refractivity contribution is 8.07. The van der Waals surface area contributed by atoms with E-state index in [1.54, 1.807) is 0 Å². The lowest BCUT2D eigenvalue weighted by Crippen LogP contribution is -2.36. The molecule has 2 unspecified atom stereocenters. The summed E-state index contributed by atoms with van der Waals surface area (Å²) < 4.78 is 50.8. The topological polar surface area (TPSA) is 320 Å². The van der Waals surface area contributed by atoms with Crippen LogP contribution in [0.25, 0.3) is 22.3 Å². The van der Waals surface area contributed by atoms with Crippen LogP contribution in [0.4, 0.5) is 16.2 Å². The van der Waals surface area contributed by atoms with E-state index in [0.29, 0.717) is 0 Å². The largest absolute Gasteiger partial charge is 0.695 e. The number of anilines is 2. The normalized spacial score (nSPS) is 30.3. The maximum Gasteiger partial charge on any atom is 0.695 e. The molecule has 4 aromatic heterocycles. The second kappa shape index (κ2) is 12.4. The van der Waals surface area contributed by atoms with Crippen LogP contribution < -0.4 is 17.0 Å². The molecule has 9 N–H and O–H groups in total. The molecule has 27 heteroatoms. The average Bonchev–Trinajstić information content (AvgIpc) is 3.73. The van der Waals surface area contributed by atoms with Gasteiger partial charge in [0.15, 0.2) is 46.6 Å². The number of aromatic amines is 1. The molecule has 2 aliphatic heterocycles. The molecule has 0 radical (unpaired) electrons. The number of thioether (sulfide) groups is 1. The molecule has 2 saturated heterocycles. The number of nitrogen functional groups attached to an aromatic ring is 2. The number of aromatic nitrogens is 10. The fourth-order valence-electron chi connectivity index (χ4n) is 4.77. The number of aliphatic hydroxyl groups is 2. The summed E-state index contributed by atoms with van der Waals surface area (Å²) in [5.74, 6) is -0.286. The molecule has 0 aromatic carbocycles. The number of nitrogens with zero attached hydrogens (tertiary/aromatic N) is 9. The van der Waals surface area contributed by atoms with E-state index in [-0.39, 0.29) is 34.1 Å². The van der Waals surface area contributed by atoms with Crippen molar-refractivity contribution in [3.8, 4) is 0 Å². The number of halogens is 1. The molecular formula is C18H22FN12O10P2S2+. The summed E-state index contributed by atoms with van der Waals surface area (Å²) in [7, 11) is -3.33. The van der Waals surface area contributed by atoms with Crippen molar-refractivity contribution in [3.63, 3.8) is 0 Å². The van der Waals surface area contributed by atoms with Crippen LogP contribution in [0.5, 0.6) is 0 Å². The highest BCUT2D eigenvalue weighted by Crippen LogP contribution is 2.54. The van der Waals surface area contributed by atoms with E-state index in [9.17, 15) is 29.4 Å². The lowest BCUT2D eigenvalue weighted by molar-refractivity contribution is -0.0507. The van der Waals surface area contributed by atoms with Gasteiger partial charge in [0, 0.05) is 4.57 Å². The van der Waals surface area contributed by atoms with Crippen molar-refractivity contribution in [1.82, 2.24) is 49.9 Å². The molecule has 45 heavy (non-hydrogen) atoms. The van der Waals surface area contributed by atoms with Crippen LogP contribution in [0.15, 0.2) is 11.1 Å². The third-order valence-corrected chi connectivity index (χ3v) is 10.3. The third kappa shape index (κ3) is 6.02. The van der Waals surface area contributed by atoms with Crippen molar-refractivity contribution < 1.29 is 47.3 Å². The summed E-state index contributed by atoms with van der Waals surface area (Å²) in [5.41, 5.74) is 10.5. The van der Waals surface area contributed by atoms with Crippen molar-refractivity contribution in [2.45, 2.75) is 47.4 Å². The number of ether oxygens (including phenoxy) is 1. The smallest absolute Gasteiger partial charge is 0.395 e. The zero-order valence-electron chi connectivity index (χ0n) is 22.1. The number of aliphatic hydroxyl groups excluding tert-OH is 2. The SMILES string of the molecule is Nc1nc2c(nnn2[C@@H]2S[C@H](CO)[C@@H](O)[C@H]2OP(O)(=S)OC[C@H]2O[C@@H](n3nnc4c(N)ncnc43)[C@@H](F)[C@@H]2O[P+](=O)O)c(=O)[nH]1. The quantitative estimate of drug-likeness (QED) is 0.0856. The zero-order chi connectivity index (χ0) is 32.2. The van der Waals surface area contributed by atoms with E-state index in [0.717, 1.165) is 27.5 Å². The van der Waals surface area contributed by atoms with Crippen LogP contribution in [-0.4, -0.2) is 119 Å². The van der Waals surface area contributed by atoms with Gasteiger partial charge in [-0.2, -0.15) is 9.67 Å². The minimum atomic E-state index is -4.35. The van der Waals surface area contributed by atoms with Crippen LogP contribution >= 0.6 is 26.7 Å². The number of fused-ring (bicyclic) bond motifs is 2. The fourth-order valence-corrected chi connectivity index (χ4v) is 8.12. The second-order valence-corrected chi connectivity index (χ2v) is 14.4. The Morgan fingerprint density at radius 3 is 2.67 bits per heavy atom. The predicted octanol–water partition coefficient (Wildman–Crippen LogP) is -2.23. The van der Waals surface area contributed by atoms with Gasteiger partial charge < -0.3 is 35.8 Å². The minimum Gasteiger partial charge on any atom is -0.395 e. The van der Waals surface area contributed by atoms with E-state index in [1.807, 2.05) is 0 Å². The second-order valence-electron chi connectivity index (χ2n) is 9.51. The van der Waals surface area contributed by atoms with Gasteiger partial charge in [0.25, 0.3) is 5.56 Å². The molecule has 2 fully saturated rings. The van der Waals surface area contributed by atoms with Gasteiger partial charge in [-0.1, -0.05) is 10.4 Å². The molecular weight excluding hydrogens is 689 g/mol. The van der Waals surface area contributed by atoms with Crippen molar-refractivity contribution in [1.29, 1.82) is 0 Å². The van der Waals surface area contributed by atoms with E-state index in [4.69, 9.17) is 41.6 Å². The van der Waals surface area contributed by atoms with Crippen molar-refractivity contribution >= 4 is 72.6 Å². The number of hydrogen-bond donors (Lipinski definition) is 7. The Bertz CT molecular complexity index is 1870. The first-order valence-corrected chi connectivity index (χ1v) is 17.2. The standard InChI is InChI=1S/C18H21FN12O10P2S2/c19-6-10(40-42(35)36)4(39-16(6)30-13-7(26-28-30)12(20)22-3-23-13)2-38-43(37,44)41-11-9(33)5(1-32)45-17(11)31-14-8(27-29-31)15(34)25-18(21)24-14/h3-6,9-11,16-17,32-33H,1-2H2,(H6-,20,21,22,23,24,25,28,29,34,35,36,37,44)/p+1/t4-,5-,6+,9-,10-,11-,16-,17-,43?/m1/s1. The molecule has 2 aliphatic rings. The van der Waals surface area contributed by atoms with Gasteiger partial charge in [-0.15, -0.1) is 31.4 Å². The Morgan fingerprint density at radius 1 is 1.20 bits per heavy atom. The fraction of sp³-hybridized carbons (Fsp3) is 0.556. The lowest BCUT2D eigenvalue weighted by atomic mass is 10.1. The molecule has 0 bridgehead atoms. The first-order chi connectivity index (χ1) is 21.4. The number of nitrogens with one attached hydrogen (secondary N) is 1. The summed E-state index contributed by atoms with van der Waals surface area (Å²) in [6.45, 7) is -5.61. The Balaban J connectivity index is 1.22. The van der Waals surface area contributed by atoms with Crippen molar-refractivity contribution in [2.24, 2.45) is 0 Å². The van der Waals surface area contributed by atoms with Crippen LogP contribution in [-0.2, 0) is 34.7 Å².